The number of H-pyrrole nitrogens is 1. The summed E-state index contributed by atoms with van der Waals surface area (Å²) in [7, 11) is 0. The van der Waals surface area contributed by atoms with E-state index in [0.29, 0.717) is 36.9 Å². The molecule has 0 bridgehead atoms. The third-order valence-electron chi connectivity index (χ3n) is 4.46. The van der Waals surface area contributed by atoms with E-state index >= 15 is 0 Å². The van der Waals surface area contributed by atoms with Gasteiger partial charge in [-0.3, -0.25) is 19.2 Å². The van der Waals surface area contributed by atoms with E-state index in [2.05, 4.69) is 10.3 Å². The average molecular weight is 348 g/mol. The summed E-state index contributed by atoms with van der Waals surface area (Å²) < 4.78 is 0. The van der Waals surface area contributed by atoms with Crippen molar-refractivity contribution in [2.24, 2.45) is 11.3 Å². The fourth-order valence-electron chi connectivity index (χ4n) is 3.17. The normalized spacial score (nSPS) is 16.8. The van der Waals surface area contributed by atoms with Gasteiger partial charge < -0.3 is 15.4 Å². The lowest BCUT2D eigenvalue weighted by molar-refractivity contribution is -0.141. The Morgan fingerprint density at radius 3 is 2.60 bits per heavy atom. The molecule has 1 aromatic heterocycles. The lowest BCUT2D eigenvalue weighted by Crippen LogP contribution is -2.37. The third kappa shape index (κ3) is 4.35. The van der Waals surface area contributed by atoms with Crippen LogP contribution in [0.3, 0.4) is 0 Å². The lowest BCUT2D eigenvalue weighted by Gasteiger charge is -2.29. The number of Topliss-reactive ketones (excluding diaryl/α,β-unsaturated/α-hetero) is 1. The van der Waals surface area contributed by atoms with E-state index in [4.69, 9.17) is 5.11 Å². The van der Waals surface area contributed by atoms with Crippen LogP contribution in [0.25, 0.3) is 0 Å². The second kappa shape index (κ2) is 7.21. The second-order valence-corrected chi connectivity index (χ2v) is 7.38. The first-order valence-corrected chi connectivity index (χ1v) is 8.45. The SMILES string of the molecule is CCCC(CNC(=O)c1cc2c([nH]c1=O)CC(C)(C)CC2=O)C(=O)O. The van der Waals surface area contributed by atoms with Crippen molar-refractivity contribution in [1.82, 2.24) is 10.3 Å². The molecule has 1 aromatic rings. The summed E-state index contributed by atoms with van der Waals surface area (Å²) in [4.78, 5) is 50.6. The smallest absolute Gasteiger partial charge is 0.308 e. The van der Waals surface area contributed by atoms with E-state index in [1.165, 1.54) is 6.07 Å². The van der Waals surface area contributed by atoms with Crippen LogP contribution >= 0.6 is 0 Å². The number of carboxylic acids is 1. The molecule has 0 radical (unpaired) electrons. The number of hydrogen-bond donors (Lipinski definition) is 3. The van der Waals surface area contributed by atoms with E-state index < -0.39 is 23.4 Å². The number of hydrogen-bond acceptors (Lipinski definition) is 4. The van der Waals surface area contributed by atoms with Gasteiger partial charge in [-0.2, -0.15) is 0 Å². The Hall–Kier alpha value is -2.44. The van der Waals surface area contributed by atoms with Crippen LogP contribution in [0.5, 0.6) is 0 Å². The van der Waals surface area contributed by atoms with Crippen molar-refractivity contribution in [2.45, 2.75) is 46.5 Å². The number of carbonyl (C=O) groups is 3. The number of aliphatic carboxylic acids is 1. The Morgan fingerprint density at radius 2 is 2.00 bits per heavy atom. The standard InChI is InChI=1S/C18H24N2O5/c1-4-5-10(17(24)25)9-19-15(22)12-6-11-13(20-16(12)23)7-18(2,3)8-14(11)21/h6,10H,4-5,7-9H2,1-3H3,(H,19,22)(H,20,23)(H,24,25). The first-order valence-electron chi connectivity index (χ1n) is 8.45. The van der Waals surface area contributed by atoms with Crippen molar-refractivity contribution in [1.29, 1.82) is 0 Å². The van der Waals surface area contributed by atoms with E-state index in [0.717, 1.165) is 0 Å². The molecule has 2 rings (SSSR count). The molecule has 0 spiro atoms. The van der Waals surface area contributed by atoms with Crippen molar-refractivity contribution in [2.75, 3.05) is 6.54 Å². The zero-order chi connectivity index (χ0) is 18.8. The molecular formula is C18H24N2O5. The molecule has 1 unspecified atom stereocenters. The van der Waals surface area contributed by atoms with Crippen molar-refractivity contribution in [3.63, 3.8) is 0 Å². The van der Waals surface area contributed by atoms with Crippen LogP contribution in [-0.4, -0.2) is 34.3 Å². The van der Waals surface area contributed by atoms with E-state index in [1.807, 2.05) is 20.8 Å². The quantitative estimate of drug-likeness (QED) is 0.724. The van der Waals surface area contributed by atoms with E-state index in [1.54, 1.807) is 0 Å². The van der Waals surface area contributed by atoms with Gasteiger partial charge >= 0.3 is 5.97 Å². The number of pyridine rings is 1. The summed E-state index contributed by atoms with van der Waals surface area (Å²) in [5.74, 6) is -2.46. The molecule has 1 aliphatic carbocycles. The highest BCUT2D eigenvalue weighted by Crippen LogP contribution is 2.33. The Labute approximate surface area is 145 Å². The van der Waals surface area contributed by atoms with Crippen LogP contribution in [-0.2, 0) is 11.2 Å². The highest BCUT2D eigenvalue weighted by molar-refractivity contribution is 6.02. The van der Waals surface area contributed by atoms with Gasteiger partial charge in [0.05, 0.1) is 5.92 Å². The van der Waals surface area contributed by atoms with Crippen molar-refractivity contribution >= 4 is 17.7 Å². The molecule has 3 N–H and O–H groups in total. The second-order valence-electron chi connectivity index (χ2n) is 7.38. The summed E-state index contributed by atoms with van der Waals surface area (Å²) in [6.45, 7) is 5.71. The molecule has 136 valence electrons. The highest BCUT2D eigenvalue weighted by atomic mass is 16.4. The van der Waals surface area contributed by atoms with E-state index in [9.17, 15) is 19.2 Å². The summed E-state index contributed by atoms with van der Waals surface area (Å²) in [6.07, 6.45) is 2.02. The first-order chi connectivity index (χ1) is 11.6. The van der Waals surface area contributed by atoms with Crippen molar-refractivity contribution in [3.8, 4) is 0 Å². The Balaban J connectivity index is 2.22. The minimum absolute atomic E-state index is 0.0560. The van der Waals surface area contributed by atoms with Crippen LogP contribution in [0.2, 0.25) is 0 Å². The molecule has 0 saturated carbocycles. The predicted octanol–water partition coefficient (Wildman–Crippen LogP) is 1.76. The maximum absolute atomic E-state index is 12.3. The fraction of sp³-hybridized carbons (Fsp3) is 0.556. The number of amides is 1. The topological polar surface area (TPSA) is 116 Å². The van der Waals surface area contributed by atoms with Crippen LogP contribution in [0, 0.1) is 11.3 Å². The zero-order valence-electron chi connectivity index (χ0n) is 14.8. The zero-order valence-corrected chi connectivity index (χ0v) is 14.8. The highest BCUT2D eigenvalue weighted by Gasteiger charge is 2.32. The lowest BCUT2D eigenvalue weighted by atomic mass is 9.75. The number of rotatable bonds is 6. The molecule has 7 heteroatoms. The van der Waals surface area contributed by atoms with Gasteiger partial charge in [0.15, 0.2) is 5.78 Å². The number of carbonyl (C=O) groups excluding carboxylic acids is 2. The summed E-state index contributed by atoms with van der Waals surface area (Å²) >= 11 is 0. The van der Waals surface area contributed by atoms with Gasteiger partial charge in [0.2, 0.25) is 0 Å². The van der Waals surface area contributed by atoms with Gasteiger partial charge in [-0.25, -0.2) is 0 Å². The molecule has 1 atom stereocenters. The van der Waals surface area contributed by atoms with Crippen molar-refractivity contribution < 1.29 is 19.5 Å². The van der Waals surface area contributed by atoms with Crippen molar-refractivity contribution in [3.05, 3.63) is 33.2 Å². The number of carboxylic acid groups (broad SMARTS) is 1. The Morgan fingerprint density at radius 1 is 1.32 bits per heavy atom. The maximum atomic E-state index is 12.3. The number of aromatic nitrogens is 1. The number of ketones is 1. The van der Waals surface area contributed by atoms with Crippen LogP contribution < -0.4 is 10.9 Å². The van der Waals surface area contributed by atoms with Gasteiger partial charge in [0, 0.05) is 24.2 Å². The maximum Gasteiger partial charge on any atom is 0.308 e. The molecule has 1 heterocycles. The number of nitrogens with one attached hydrogen (secondary N) is 2. The molecule has 0 saturated heterocycles. The number of fused-ring (bicyclic) bond motifs is 1. The van der Waals surface area contributed by atoms with Gasteiger partial charge in [-0.15, -0.1) is 0 Å². The largest absolute Gasteiger partial charge is 0.481 e. The van der Waals surface area contributed by atoms with Gasteiger partial charge in [0.1, 0.15) is 5.56 Å². The van der Waals surface area contributed by atoms with Crippen LogP contribution in [0.4, 0.5) is 0 Å². The predicted molar refractivity (Wildman–Crippen MR) is 91.9 cm³/mol. The molecule has 7 nitrogen and oxygen atoms in total. The molecule has 0 aromatic carbocycles. The molecule has 1 aliphatic rings. The summed E-state index contributed by atoms with van der Waals surface area (Å²) in [6, 6.07) is 1.33. The minimum Gasteiger partial charge on any atom is -0.481 e. The Kier molecular flexibility index (Phi) is 5.45. The molecular weight excluding hydrogens is 324 g/mol. The van der Waals surface area contributed by atoms with Crippen LogP contribution in [0.15, 0.2) is 10.9 Å². The molecule has 0 fully saturated rings. The first kappa shape index (κ1) is 18.9. The third-order valence-corrected chi connectivity index (χ3v) is 4.46. The monoisotopic (exact) mass is 348 g/mol. The molecule has 25 heavy (non-hydrogen) atoms. The average Bonchev–Trinajstić information content (AvgIpc) is 2.49. The number of aromatic amines is 1. The Bertz CT molecular complexity index is 763. The van der Waals surface area contributed by atoms with Gasteiger partial charge in [-0.05, 0) is 24.3 Å². The fourth-order valence-corrected chi connectivity index (χ4v) is 3.17. The van der Waals surface area contributed by atoms with E-state index in [-0.39, 0.29) is 23.3 Å². The summed E-state index contributed by atoms with van der Waals surface area (Å²) in [5, 5.41) is 11.6. The van der Waals surface area contributed by atoms with Gasteiger partial charge in [-0.1, -0.05) is 27.2 Å². The van der Waals surface area contributed by atoms with Crippen LogP contribution in [0.1, 0.15) is 66.4 Å². The summed E-state index contributed by atoms with van der Waals surface area (Å²) in [5.41, 5.74) is -0.0350. The molecule has 1 amide bonds. The minimum atomic E-state index is -0.987. The van der Waals surface area contributed by atoms with Gasteiger partial charge in [0.25, 0.3) is 11.5 Å². The molecule has 0 aliphatic heterocycles.